The van der Waals surface area contributed by atoms with Crippen LogP contribution in [0.3, 0.4) is 0 Å². The van der Waals surface area contributed by atoms with Gasteiger partial charge in [-0.1, -0.05) is 6.07 Å². The first kappa shape index (κ1) is 14.5. The van der Waals surface area contributed by atoms with Crippen molar-refractivity contribution < 1.29 is 4.74 Å². The molecule has 0 bridgehead atoms. The van der Waals surface area contributed by atoms with Crippen LogP contribution in [0, 0.1) is 0 Å². The van der Waals surface area contributed by atoms with Crippen molar-refractivity contribution in [2.75, 3.05) is 7.05 Å². The summed E-state index contributed by atoms with van der Waals surface area (Å²) in [5.74, 6) is 2.84. The highest BCUT2D eigenvalue weighted by molar-refractivity contribution is 9.10. The Morgan fingerprint density at radius 3 is 3.05 bits per heavy atom. The van der Waals surface area contributed by atoms with Crippen LogP contribution in [0.4, 0.5) is 0 Å². The van der Waals surface area contributed by atoms with Crippen molar-refractivity contribution in [3.8, 4) is 5.75 Å². The fourth-order valence-corrected chi connectivity index (χ4v) is 3.13. The summed E-state index contributed by atoms with van der Waals surface area (Å²) in [6, 6.07) is 6.13. The number of fused-ring (bicyclic) bond motifs is 1. The molecular formula is C15H19BrN4O. The van der Waals surface area contributed by atoms with Gasteiger partial charge >= 0.3 is 0 Å². The van der Waals surface area contributed by atoms with Crippen LogP contribution in [-0.4, -0.2) is 21.8 Å². The number of hydrogen-bond acceptors (Lipinski definition) is 4. The van der Waals surface area contributed by atoms with Crippen LogP contribution in [-0.2, 0) is 26.1 Å². The van der Waals surface area contributed by atoms with E-state index in [4.69, 9.17) is 4.74 Å². The molecule has 3 rings (SSSR count). The van der Waals surface area contributed by atoms with Gasteiger partial charge in [0.1, 0.15) is 18.2 Å². The van der Waals surface area contributed by atoms with Gasteiger partial charge in [-0.15, -0.1) is 10.2 Å². The molecule has 0 saturated carbocycles. The fourth-order valence-electron chi connectivity index (χ4n) is 2.59. The Balaban J connectivity index is 1.69. The average molecular weight is 351 g/mol. The monoisotopic (exact) mass is 350 g/mol. The van der Waals surface area contributed by atoms with Gasteiger partial charge in [0, 0.05) is 19.5 Å². The fraction of sp³-hybridized carbons (Fsp3) is 0.467. The van der Waals surface area contributed by atoms with E-state index < -0.39 is 0 Å². The summed E-state index contributed by atoms with van der Waals surface area (Å²) in [5, 5.41) is 11.6. The van der Waals surface area contributed by atoms with Gasteiger partial charge in [-0.05, 0) is 53.5 Å². The third-order valence-electron chi connectivity index (χ3n) is 3.67. The summed E-state index contributed by atoms with van der Waals surface area (Å²) in [4.78, 5) is 0. The molecule has 0 aliphatic carbocycles. The SMILES string of the molecule is CNCc1ccc(OCc2nnc3n2CCCC3)c(Br)c1. The Hall–Kier alpha value is -1.40. The maximum Gasteiger partial charge on any atom is 0.171 e. The smallest absolute Gasteiger partial charge is 0.171 e. The molecule has 21 heavy (non-hydrogen) atoms. The second-order valence-electron chi connectivity index (χ2n) is 5.22. The molecule has 2 heterocycles. The lowest BCUT2D eigenvalue weighted by molar-refractivity contribution is 0.284. The standard InChI is InChI=1S/C15H19BrN4O/c1-17-9-11-5-6-13(12(16)8-11)21-10-15-19-18-14-4-2-3-7-20(14)15/h5-6,8,17H,2-4,7,9-10H2,1H3. The summed E-state index contributed by atoms with van der Waals surface area (Å²) in [6.07, 6.45) is 3.42. The Morgan fingerprint density at radius 1 is 1.33 bits per heavy atom. The lowest BCUT2D eigenvalue weighted by Crippen LogP contribution is -2.14. The molecule has 1 aliphatic rings. The molecule has 5 nitrogen and oxygen atoms in total. The van der Waals surface area contributed by atoms with Crippen LogP contribution in [0.1, 0.15) is 30.1 Å². The summed E-state index contributed by atoms with van der Waals surface area (Å²) in [5.41, 5.74) is 1.22. The van der Waals surface area contributed by atoms with Crippen molar-refractivity contribution in [1.29, 1.82) is 0 Å². The van der Waals surface area contributed by atoms with Gasteiger partial charge < -0.3 is 14.6 Å². The molecular weight excluding hydrogens is 332 g/mol. The van der Waals surface area contributed by atoms with Gasteiger partial charge in [0.05, 0.1) is 4.47 Å². The minimum absolute atomic E-state index is 0.455. The Labute approximate surface area is 132 Å². The van der Waals surface area contributed by atoms with E-state index in [0.29, 0.717) is 6.61 Å². The van der Waals surface area contributed by atoms with Crippen LogP contribution >= 0.6 is 15.9 Å². The van der Waals surface area contributed by atoms with Crippen LogP contribution in [0.2, 0.25) is 0 Å². The zero-order chi connectivity index (χ0) is 14.7. The van der Waals surface area contributed by atoms with E-state index in [-0.39, 0.29) is 0 Å². The average Bonchev–Trinajstić information content (AvgIpc) is 2.90. The number of benzene rings is 1. The first-order chi connectivity index (χ1) is 10.3. The maximum atomic E-state index is 5.89. The van der Waals surface area contributed by atoms with E-state index in [9.17, 15) is 0 Å². The van der Waals surface area contributed by atoms with E-state index in [0.717, 1.165) is 41.4 Å². The molecule has 0 saturated heterocycles. The number of nitrogens with one attached hydrogen (secondary N) is 1. The Morgan fingerprint density at radius 2 is 2.24 bits per heavy atom. The molecule has 6 heteroatoms. The molecule has 0 amide bonds. The predicted molar refractivity (Wildman–Crippen MR) is 84.2 cm³/mol. The van der Waals surface area contributed by atoms with Crippen molar-refractivity contribution in [3.05, 3.63) is 39.9 Å². The van der Waals surface area contributed by atoms with Crippen LogP contribution in [0.5, 0.6) is 5.75 Å². The van der Waals surface area contributed by atoms with E-state index in [1.54, 1.807) is 0 Å². The van der Waals surface area contributed by atoms with Gasteiger partial charge in [-0.25, -0.2) is 0 Å². The van der Waals surface area contributed by atoms with E-state index in [2.05, 4.69) is 48.1 Å². The second-order valence-corrected chi connectivity index (χ2v) is 6.08. The highest BCUT2D eigenvalue weighted by Gasteiger charge is 2.16. The first-order valence-electron chi connectivity index (χ1n) is 7.24. The number of hydrogen-bond donors (Lipinski definition) is 1. The molecule has 112 valence electrons. The minimum atomic E-state index is 0.455. The third-order valence-corrected chi connectivity index (χ3v) is 4.29. The van der Waals surface area contributed by atoms with Crippen molar-refractivity contribution in [2.24, 2.45) is 0 Å². The number of nitrogens with zero attached hydrogens (tertiary/aromatic N) is 3. The molecule has 1 aromatic heterocycles. The van der Waals surface area contributed by atoms with Crippen LogP contribution in [0.15, 0.2) is 22.7 Å². The zero-order valence-electron chi connectivity index (χ0n) is 12.1. The topological polar surface area (TPSA) is 52.0 Å². The largest absolute Gasteiger partial charge is 0.484 e. The van der Waals surface area contributed by atoms with Crippen molar-refractivity contribution in [2.45, 2.75) is 39.0 Å². The lowest BCUT2D eigenvalue weighted by Gasteiger charge is -2.15. The second kappa shape index (κ2) is 6.58. The highest BCUT2D eigenvalue weighted by atomic mass is 79.9. The third kappa shape index (κ3) is 3.27. The summed E-state index contributed by atoms with van der Waals surface area (Å²) in [7, 11) is 1.94. The van der Waals surface area contributed by atoms with Gasteiger partial charge in [0.2, 0.25) is 0 Å². The molecule has 0 radical (unpaired) electrons. The van der Waals surface area contributed by atoms with Gasteiger partial charge in [-0.3, -0.25) is 0 Å². The van der Waals surface area contributed by atoms with Crippen molar-refractivity contribution in [1.82, 2.24) is 20.1 Å². The summed E-state index contributed by atoms with van der Waals surface area (Å²) < 4.78 is 9.04. The number of aromatic nitrogens is 3. The van der Waals surface area contributed by atoms with E-state index in [1.807, 2.05) is 13.1 Å². The Bertz CT molecular complexity index is 626. The lowest BCUT2D eigenvalue weighted by atomic mass is 10.2. The molecule has 0 spiro atoms. The molecule has 2 aromatic rings. The number of aryl methyl sites for hydroxylation is 1. The van der Waals surface area contributed by atoms with Crippen molar-refractivity contribution in [3.63, 3.8) is 0 Å². The molecule has 1 aliphatic heterocycles. The number of halogens is 1. The van der Waals surface area contributed by atoms with Gasteiger partial charge in [-0.2, -0.15) is 0 Å². The minimum Gasteiger partial charge on any atom is -0.484 e. The molecule has 0 fully saturated rings. The molecule has 1 N–H and O–H groups in total. The van der Waals surface area contributed by atoms with E-state index in [1.165, 1.54) is 18.4 Å². The normalized spacial score (nSPS) is 14.0. The quantitative estimate of drug-likeness (QED) is 0.900. The maximum absolute atomic E-state index is 5.89. The first-order valence-corrected chi connectivity index (χ1v) is 8.04. The summed E-state index contributed by atoms with van der Waals surface area (Å²) in [6.45, 7) is 2.30. The summed E-state index contributed by atoms with van der Waals surface area (Å²) >= 11 is 3.56. The van der Waals surface area contributed by atoms with Crippen LogP contribution < -0.4 is 10.1 Å². The van der Waals surface area contributed by atoms with Gasteiger partial charge in [0.25, 0.3) is 0 Å². The number of ether oxygens (including phenoxy) is 1. The number of rotatable bonds is 5. The Kier molecular flexibility index (Phi) is 4.55. The zero-order valence-corrected chi connectivity index (χ0v) is 13.7. The van der Waals surface area contributed by atoms with Crippen molar-refractivity contribution >= 4 is 15.9 Å². The molecule has 0 atom stereocenters. The molecule has 1 aromatic carbocycles. The molecule has 0 unspecified atom stereocenters. The van der Waals surface area contributed by atoms with Gasteiger partial charge in [0.15, 0.2) is 5.82 Å². The highest BCUT2D eigenvalue weighted by Crippen LogP contribution is 2.27. The van der Waals surface area contributed by atoms with Crippen LogP contribution in [0.25, 0.3) is 0 Å². The predicted octanol–water partition coefficient (Wildman–Crippen LogP) is 2.68. The van der Waals surface area contributed by atoms with E-state index >= 15 is 0 Å².